The van der Waals surface area contributed by atoms with Gasteiger partial charge in [0, 0.05) is 23.2 Å². The fraction of sp³-hybridized carbons (Fsp3) is 0.286. The number of aryl methyl sites for hydroxylation is 1. The molecule has 0 aliphatic heterocycles. The summed E-state index contributed by atoms with van der Waals surface area (Å²) < 4.78 is 0. The molecule has 0 atom stereocenters. The SMILES string of the molecule is CCCNc1ncc(C)c(Sc2ccccc2Cl)n1. The molecule has 0 spiro atoms. The molecular formula is C14H16ClN3S. The van der Waals surface area contributed by atoms with Crippen molar-refractivity contribution < 1.29 is 0 Å². The number of benzene rings is 1. The van der Waals surface area contributed by atoms with Crippen LogP contribution in [0.5, 0.6) is 0 Å². The predicted octanol–water partition coefficient (Wildman–Crippen LogP) is 4.41. The third-order valence-electron chi connectivity index (χ3n) is 2.50. The minimum Gasteiger partial charge on any atom is -0.354 e. The molecule has 0 radical (unpaired) electrons. The van der Waals surface area contributed by atoms with E-state index in [1.165, 1.54) is 0 Å². The lowest BCUT2D eigenvalue weighted by atomic mass is 10.4. The molecule has 19 heavy (non-hydrogen) atoms. The topological polar surface area (TPSA) is 37.8 Å². The standard InChI is InChI=1S/C14H16ClN3S/c1-3-8-16-14-17-9-10(2)13(18-14)19-12-7-5-4-6-11(12)15/h4-7,9H,3,8H2,1-2H3,(H,16,17,18). The molecule has 0 bridgehead atoms. The van der Waals surface area contributed by atoms with Gasteiger partial charge in [0.25, 0.3) is 0 Å². The second kappa shape index (κ2) is 6.78. The summed E-state index contributed by atoms with van der Waals surface area (Å²) in [5, 5.41) is 4.87. The summed E-state index contributed by atoms with van der Waals surface area (Å²) in [7, 11) is 0. The first-order valence-electron chi connectivity index (χ1n) is 6.20. The number of hydrogen-bond donors (Lipinski definition) is 1. The smallest absolute Gasteiger partial charge is 0.223 e. The zero-order valence-corrected chi connectivity index (χ0v) is 12.6. The Morgan fingerprint density at radius 2 is 2.11 bits per heavy atom. The first kappa shape index (κ1) is 14.2. The minimum absolute atomic E-state index is 0.669. The molecule has 1 aromatic heterocycles. The molecule has 100 valence electrons. The molecule has 0 amide bonds. The quantitative estimate of drug-likeness (QED) is 0.829. The lowest BCUT2D eigenvalue weighted by molar-refractivity contribution is 0.925. The maximum atomic E-state index is 6.17. The minimum atomic E-state index is 0.669. The van der Waals surface area contributed by atoms with Gasteiger partial charge in [0.2, 0.25) is 5.95 Å². The van der Waals surface area contributed by atoms with Crippen molar-refractivity contribution in [2.75, 3.05) is 11.9 Å². The molecule has 0 fully saturated rings. The highest BCUT2D eigenvalue weighted by Gasteiger charge is 2.08. The Morgan fingerprint density at radius 1 is 1.32 bits per heavy atom. The lowest BCUT2D eigenvalue weighted by Gasteiger charge is -2.08. The van der Waals surface area contributed by atoms with Crippen LogP contribution in [-0.2, 0) is 0 Å². The van der Waals surface area contributed by atoms with E-state index in [9.17, 15) is 0 Å². The van der Waals surface area contributed by atoms with Crippen LogP contribution < -0.4 is 5.32 Å². The van der Waals surface area contributed by atoms with Crippen LogP contribution in [-0.4, -0.2) is 16.5 Å². The summed E-state index contributed by atoms with van der Waals surface area (Å²) in [6, 6.07) is 7.78. The lowest BCUT2D eigenvalue weighted by Crippen LogP contribution is -2.05. The molecule has 1 heterocycles. The molecule has 0 saturated carbocycles. The number of hydrogen-bond acceptors (Lipinski definition) is 4. The van der Waals surface area contributed by atoms with E-state index in [0.29, 0.717) is 5.95 Å². The van der Waals surface area contributed by atoms with Gasteiger partial charge in [0.05, 0.1) is 5.02 Å². The maximum Gasteiger partial charge on any atom is 0.223 e. The second-order valence-corrected chi connectivity index (χ2v) is 5.58. The number of nitrogens with zero attached hydrogens (tertiary/aromatic N) is 2. The van der Waals surface area contributed by atoms with Crippen molar-refractivity contribution in [2.45, 2.75) is 30.2 Å². The number of aromatic nitrogens is 2. The van der Waals surface area contributed by atoms with E-state index < -0.39 is 0 Å². The van der Waals surface area contributed by atoms with Crippen LogP contribution in [0.4, 0.5) is 5.95 Å². The molecule has 0 aliphatic rings. The second-order valence-electron chi connectivity index (χ2n) is 4.14. The predicted molar refractivity (Wildman–Crippen MR) is 81.1 cm³/mol. The molecule has 3 nitrogen and oxygen atoms in total. The van der Waals surface area contributed by atoms with Gasteiger partial charge in [0.1, 0.15) is 5.03 Å². The summed E-state index contributed by atoms with van der Waals surface area (Å²) in [4.78, 5) is 9.81. The van der Waals surface area contributed by atoms with Gasteiger partial charge in [-0.25, -0.2) is 9.97 Å². The van der Waals surface area contributed by atoms with Gasteiger partial charge in [-0.2, -0.15) is 0 Å². The highest BCUT2D eigenvalue weighted by atomic mass is 35.5. The monoisotopic (exact) mass is 293 g/mol. The van der Waals surface area contributed by atoms with Gasteiger partial charge in [-0.15, -0.1) is 0 Å². The fourth-order valence-corrected chi connectivity index (χ4v) is 2.60. The van der Waals surface area contributed by atoms with Crippen molar-refractivity contribution in [3.63, 3.8) is 0 Å². The Bertz CT molecular complexity index is 560. The van der Waals surface area contributed by atoms with E-state index in [0.717, 1.165) is 33.5 Å². The zero-order valence-electron chi connectivity index (χ0n) is 11.0. The fourth-order valence-electron chi connectivity index (χ4n) is 1.48. The van der Waals surface area contributed by atoms with Crippen molar-refractivity contribution in [2.24, 2.45) is 0 Å². The number of nitrogens with one attached hydrogen (secondary N) is 1. The Kier molecular flexibility index (Phi) is 5.05. The molecule has 2 aromatic rings. The Morgan fingerprint density at radius 3 is 2.84 bits per heavy atom. The van der Waals surface area contributed by atoms with Crippen molar-refractivity contribution in [3.05, 3.63) is 41.0 Å². The van der Waals surface area contributed by atoms with Crippen molar-refractivity contribution in [1.82, 2.24) is 9.97 Å². The van der Waals surface area contributed by atoms with Gasteiger partial charge >= 0.3 is 0 Å². The first-order chi connectivity index (χ1) is 9.20. The normalized spacial score (nSPS) is 10.5. The molecular weight excluding hydrogens is 278 g/mol. The number of rotatable bonds is 5. The Balaban J connectivity index is 2.21. The summed E-state index contributed by atoms with van der Waals surface area (Å²) in [6.07, 6.45) is 2.88. The first-order valence-corrected chi connectivity index (χ1v) is 7.40. The van der Waals surface area contributed by atoms with E-state index in [1.54, 1.807) is 11.8 Å². The largest absolute Gasteiger partial charge is 0.354 e. The van der Waals surface area contributed by atoms with Crippen LogP contribution in [0.2, 0.25) is 5.02 Å². The van der Waals surface area contributed by atoms with E-state index in [2.05, 4.69) is 22.2 Å². The summed E-state index contributed by atoms with van der Waals surface area (Å²) >= 11 is 7.74. The van der Waals surface area contributed by atoms with Gasteiger partial charge in [-0.1, -0.05) is 42.4 Å². The molecule has 0 saturated heterocycles. The average Bonchev–Trinajstić information content (AvgIpc) is 2.42. The van der Waals surface area contributed by atoms with Gasteiger partial charge in [-0.05, 0) is 25.5 Å². The van der Waals surface area contributed by atoms with Gasteiger partial charge in [-0.3, -0.25) is 0 Å². The van der Waals surface area contributed by atoms with Crippen LogP contribution >= 0.6 is 23.4 Å². The molecule has 2 rings (SSSR count). The van der Waals surface area contributed by atoms with Crippen LogP contribution in [0.1, 0.15) is 18.9 Å². The molecule has 1 aromatic carbocycles. The Hall–Kier alpha value is -1.26. The average molecular weight is 294 g/mol. The van der Waals surface area contributed by atoms with Crippen molar-refractivity contribution >= 4 is 29.3 Å². The third-order valence-corrected chi connectivity index (χ3v) is 4.13. The summed E-state index contributed by atoms with van der Waals surface area (Å²) in [5.41, 5.74) is 1.05. The zero-order chi connectivity index (χ0) is 13.7. The number of halogens is 1. The maximum absolute atomic E-state index is 6.17. The van der Waals surface area contributed by atoms with Crippen molar-refractivity contribution in [3.8, 4) is 0 Å². The van der Waals surface area contributed by atoms with Gasteiger partial charge in [0.15, 0.2) is 0 Å². The molecule has 0 unspecified atom stereocenters. The molecule has 1 N–H and O–H groups in total. The van der Waals surface area contributed by atoms with E-state index in [-0.39, 0.29) is 0 Å². The van der Waals surface area contributed by atoms with Gasteiger partial charge < -0.3 is 5.32 Å². The highest BCUT2D eigenvalue weighted by molar-refractivity contribution is 7.99. The van der Waals surface area contributed by atoms with Crippen molar-refractivity contribution in [1.29, 1.82) is 0 Å². The van der Waals surface area contributed by atoms with Crippen LogP contribution in [0.15, 0.2) is 40.4 Å². The Labute approximate surface area is 122 Å². The van der Waals surface area contributed by atoms with E-state index in [4.69, 9.17) is 11.6 Å². The van der Waals surface area contributed by atoms with Crippen LogP contribution in [0.3, 0.4) is 0 Å². The van der Waals surface area contributed by atoms with Crippen LogP contribution in [0.25, 0.3) is 0 Å². The third kappa shape index (κ3) is 3.85. The summed E-state index contributed by atoms with van der Waals surface area (Å²) in [6.45, 7) is 4.99. The van der Waals surface area contributed by atoms with E-state index >= 15 is 0 Å². The summed E-state index contributed by atoms with van der Waals surface area (Å²) in [5.74, 6) is 0.669. The van der Waals surface area contributed by atoms with E-state index in [1.807, 2.05) is 37.4 Å². The molecule has 0 aliphatic carbocycles. The number of anilines is 1. The highest BCUT2D eigenvalue weighted by Crippen LogP contribution is 2.33. The molecule has 5 heteroatoms. The van der Waals surface area contributed by atoms with Crippen LogP contribution in [0, 0.1) is 6.92 Å².